The van der Waals surface area contributed by atoms with E-state index in [1.54, 1.807) is 20.8 Å². The summed E-state index contributed by atoms with van der Waals surface area (Å²) < 4.78 is 5.08. The molecule has 1 rings (SSSR count). The third kappa shape index (κ3) is 6.66. The molecule has 0 aliphatic heterocycles. The molecule has 0 fully saturated rings. The zero-order valence-electron chi connectivity index (χ0n) is 12.3. The molecule has 8 heteroatoms. The summed E-state index contributed by atoms with van der Waals surface area (Å²) >= 11 is 0. The quantitative estimate of drug-likeness (QED) is 0.736. The molecule has 0 spiro atoms. The van der Waals surface area contributed by atoms with Crippen LogP contribution < -0.4 is 10.6 Å². The summed E-state index contributed by atoms with van der Waals surface area (Å²) in [4.78, 5) is 31.3. The molecule has 0 bridgehead atoms. The van der Waals surface area contributed by atoms with E-state index in [-0.39, 0.29) is 13.0 Å². The summed E-state index contributed by atoms with van der Waals surface area (Å²) in [7, 11) is 0. The van der Waals surface area contributed by atoms with Gasteiger partial charge in [0.1, 0.15) is 23.8 Å². The third-order valence-electron chi connectivity index (χ3n) is 2.26. The van der Waals surface area contributed by atoms with E-state index >= 15 is 0 Å². The molecule has 0 aromatic carbocycles. The fourth-order valence-electron chi connectivity index (χ4n) is 1.43. The van der Waals surface area contributed by atoms with Crippen LogP contribution in [0.15, 0.2) is 18.6 Å². The molecule has 8 nitrogen and oxygen atoms in total. The number of nitrogens with zero attached hydrogens (tertiary/aromatic N) is 2. The van der Waals surface area contributed by atoms with Crippen LogP contribution in [0.5, 0.6) is 0 Å². The molecule has 1 heterocycles. The van der Waals surface area contributed by atoms with Crippen molar-refractivity contribution in [2.75, 3.05) is 11.9 Å². The SMILES string of the molecule is CC(C)(C)OC(=O)N[C@@H](CCO)C(=O)Nc1ccncn1. The summed E-state index contributed by atoms with van der Waals surface area (Å²) in [6.45, 7) is 4.90. The number of carbonyl (C=O) groups excluding carboxylic acids is 2. The molecule has 0 saturated carbocycles. The first-order valence-corrected chi connectivity index (χ1v) is 6.49. The van der Waals surface area contributed by atoms with E-state index < -0.39 is 23.6 Å². The maximum absolute atomic E-state index is 12.1. The van der Waals surface area contributed by atoms with Crippen LogP contribution in [0.2, 0.25) is 0 Å². The second-order valence-electron chi connectivity index (χ2n) is 5.29. The Kier molecular flexibility index (Phi) is 6.04. The van der Waals surface area contributed by atoms with Gasteiger partial charge in [0.15, 0.2) is 0 Å². The van der Waals surface area contributed by atoms with Crippen LogP contribution in [0.1, 0.15) is 27.2 Å². The van der Waals surface area contributed by atoms with E-state index in [0.29, 0.717) is 5.82 Å². The molecule has 0 radical (unpaired) electrons. The first-order chi connectivity index (χ1) is 9.81. The highest BCUT2D eigenvalue weighted by atomic mass is 16.6. The highest BCUT2D eigenvalue weighted by Gasteiger charge is 2.24. The van der Waals surface area contributed by atoms with Gasteiger partial charge in [-0.3, -0.25) is 4.79 Å². The number of aliphatic hydroxyl groups is 1. The molecule has 1 aromatic rings. The molecule has 1 aromatic heterocycles. The van der Waals surface area contributed by atoms with Gasteiger partial charge < -0.3 is 20.5 Å². The minimum Gasteiger partial charge on any atom is -0.444 e. The van der Waals surface area contributed by atoms with Gasteiger partial charge in [0.25, 0.3) is 0 Å². The number of aliphatic hydroxyl groups excluding tert-OH is 1. The molecular weight excluding hydrogens is 276 g/mol. The van der Waals surface area contributed by atoms with Gasteiger partial charge in [0.05, 0.1) is 0 Å². The van der Waals surface area contributed by atoms with Gasteiger partial charge in [-0.05, 0) is 33.3 Å². The van der Waals surface area contributed by atoms with Crippen LogP contribution >= 0.6 is 0 Å². The number of hydrogen-bond acceptors (Lipinski definition) is 6. The predicted molar refractivity (Wildman–Crippen MR) is 75.5 cm³/mol. The maximum Gasteiger partial charge on any atom is 0.408 e. The lowest BCUT2D eigenvalue weighted by Crippen LogP contribution is -2.46. The topological polar surface area (TPSA) is 113 Å². The van der Waals surface area contributed by atoms with E-state index in [4.69, 9.17) is 9.84 Å². The van der Waals surface area contributed by atoms with Crippen molar-refractivity contribution in [3.63, 3.8) is 0 Å². The lowest BCUT2D eigenvalue weighted by atomic mass is 10.2. The van der Waals surface area contributed by atoms with Crippen molar-refractivity contribution in [2.24, 2.45) is 0 Å². The smallest absolute Gasteiger partial charge is 0.408 e. The lowest BCUT2D eigenvalue weighted by Gasteiger charge is -2.22. The van der Waals surface area contributed by atoms with Gasteiger partial charge in [-0.15, -0.1) is 0 Å². The number of anilines is 1. The standard InChI is InChI=1S/C13H20N4O4/c1-13(2,3)21-12(20)16-9(5-7-18)11(19)17-10-4-6-14-8-15-10/h4,6,8-9,18H,5,7H2,1-3H3,(H,16,20)(H,14,15,17,19)/t9-/m0/s1. The summed E-state index contributed by atoms with van der Waals surface area (Å²) in [5, 5.41) is 13.9. The molecule has 0 saturated heterocycles. The van der Waals surface area contributed by atoms with Crippen LogP contribution in [-0.4, -0.2) is 45.3 Å². The first-order valence-electron chi connectivity index (χ1n) is 6.49. The fraction of sp³-hybridized carbons (Fsp3) is 0.538. The molecule has 1 atom stereocenters. The highest BCUT2D eigenvalue weighted by molar-refractivity contribution is 5.95. The zero-order valence-corrected chi connectivity index (χ0v) is 12.3. The number of hydrogen-bond donors (Lipinski definition) is 3. The zero-order chi connectivity index (χ0) is 15.9. The van der Waals surface area contributed by atoms with E-state index in [0.717, 1.165) is 0 Å². The Hall–Kier alpha value is -2.22. The molecule has 2 amide bonds. The molecule has 3 N–H and O–H groups in total. The minimum absolute atomic E-state index is 0.0656. The number of carbonyl (C=O) groups is 2. The average Bonchev–Trinajstić information content (AvgIpc) is 2.37. The number of alkyl carbamates (subject to hydrolysis) is 1. The van der Waals surface area contributed by atoms with Gasteiger partial charge in [-0.25, -0.2) is 14.8 Å². The molecule has 0 unspecified atom stereocenters. The van der Waals surface area contributed by atoms with Crippen molar-refractivity contribution in [1.82, 2.24) is 15.3 Å². The highest BCUT2D eigenvalue weighted by Crippen LogP contribution is 2.08. The Morgan fingerprint density at radius 2 is 2.14 bits per heavy atom. The van der Waals surface area contributed by atoms with Gasteiger partial charge in [0.2, 0.25) is 5.91 Å². The van der Waals surface area contributed by atoms with Crippen molar-refractivity contribution in [3.8, 4) is 0 Å². The minimum atomic E-state index is -0.917. The summed E-state index contributed by atoms with van der Waals surface area (Å²) in [6.07, 6.45) is 2.11. The van der Waals surface area contributed by atoms with Crippen molar-refractivity contribution in [1.29, 1.82) is 0 Å². The van der Waals surface area contributed by atoms with E-state index in [1.807, 2.05) is 0 Å². The Bertz CT molecular complexity index is 473. The van der Waals surface area contributed by atoms with E-state index in [2.05, 4.69) is 20.6 Å². The number of ether oxygens (including phenoxy) is 1. The summed E-state index contributed by atoms with van der Waals surface area (Å²) in [5.41, 5.74) is -0.670. The molecule has 21 heavy (non-hydrogen) atoms. The van der Waals surface area contributed by atoms with Crippen LogP contribution in [0.25, 0.3) is 0 Å². The Labute approximate surface area is 122 Å². The van der Waals surface area contributed by atoms with Crippen LogP contribution in [-0.2, 0) is 9.53 Å². The molecule has 0 aliphatic carbocycles. The van der Waals surface area contributed by atoms with Crippen LogP contribution in [0.3, 0.4) is 0 Å². The van der Waals surface area contributed by atoms with Crippen molar-refractivity contribution >= 4 is 17.8 Å². The van der Waals surface area contributed by atoms with Crippen LogP contribution in [0.4, 0.5) is 10.6 Å². The number of amides is 2. The van der Waals surface area contributed by atoms with Gasteiger partial charge in [-0.2, -0.15) is 0 Å². The second-order valence-corrected chi connectivity index (χ2v) is 5.29. The summed E-state index contributed by atoms with van der Waals surface area (Å²) in [5.74, 6) is -0.183. The first kappa shape index (κ1) is 16.8. The van der Waals surface area contributed by atoms with Gasteiger partial charge >= 0.3 is 6.09 Å². The number of nitrogens with one attached hydrogen (secondary N) is 2. The lowest BCUT2D eigenvalue weighted by molar-refractivity contribution is -0.118. The largest absolute Gasteiger partial charge is 0.444 e. The molecular formula is C13H20N4O4. The normalized spacial score (nSPS) is 12.4. The second kappa shape index (κ2) is 7.53. The predicted octanol–water partition coefficient (Wildman–Crippen LogP) is 0.691. The van der Waals surface area contributed by atoms with Crippen molar-refractivity contribution in [2.45, 2.75) is 38.8 Å². The Balaban J connectivity index is 2.63. The van der Waals surface area contributed by atoms with Gasteiger partial charge in [-0.1, -0.05) is 0 Å². The monoisotopic (exact) mass is 296 g/mol. The van der Waals surface area contributed by atoms with E-state index in [1.165, 1.54) is 18.6 Å². The fourth-order valence-corrected chi connectivity index (χ4v) is 1.43. The van der Waals surface area contributed by atoms with Gasteiger partial charge in [0, 0.05) is 12.8 Å². The van der Waals surface area contributed by atoms with E-state index in [9.17, 15) is 9.59 Å². The van der Waals surface area contributed by atoms with Crippen LogP contribution in [0, 0.1) is 0 Å². The summed E-state index contributed by atoms with van der Waals surface area (Å²) in [6, 6.07) is 0.598. The Morgan fingerprint density at radius 3 is 2.67 bits per heavy atom. The average molecular weight is 296 g/mol. The maximum atomic E-state index is 12.1. The molecule has 116 valence electrons. The van der Waals surface area contributed by atoms with Crippen molar-refractivity contribution < 1.29 is 19.4 Å². The van der Waals surface area contributed by atoms with Crippen molar-refractivity contribution in [3.05, 3.63) is 18.6 Å². The number of rotatable bonds is 5. The third-order valence-corrected chi connectivity index (χ3v) is 2.26. The number of aromatic nitrogens is 2. The molecule has 0 aliphatic rings. The Morgan fingerprint density at radius 1 is 1.43 bits per heavy atom.